The number of carbonyl (C=O) groups excluding carboxylic acids is 2. The summed E-state index contributed by atoms with van der Waals surface area (Å²) in [6, 6.07) is 21.9. The molecule has 1 heterocycles. The van der Waals surface area contributed by atoms with Crippen molar-refractivity contribution in [1.82, 2.24) is 0 Å². The molecule has 1 aliphatic rings. The second-order valence-corrected chi connectivity index (χ2v) is 7.66. The summed E-state index contributed by atoms with van der Waals surface area (Å²) in [7, 11) is 0. The molecule has 0 saturated heterocycles. The Labute approximate surface area is 181 Å². The first-order chi connectivity index (χ1) is 14.9. The number of aryl methyl sites for hydroxylation is 3. The SMILES string of the molecule is Cc1ccc(NC2=C(c3ccc(C)cc3C)C(=O)N(c3ccc(C#N)cc3)C2=O)cc1. The summed E-state index contributed by atoms with van der Waals surface area (Å²) in [4.78, 5) is 28.1. The summed E-state index contributed by atoms with van der Waals surface area (Å²) in [6.45, 7) is 5.91. The molecule has 3 aromatic rings. The third kappa shape index (κ3) is 3.72. The van der Waals surface area contributed by atoms with E-state index in [2.05, 4.69) is 5.32 Å². The smallest absolute Gasteiger partial charge is 0.282 e. The van der Waals surface area contributed by atoms with E-state index in [0.29, 0.717) is 16.8 Å². The molecule has 0 spiro atoms. The lowest BCUT2D eigenvalue weighted by Gasteiger charge is -2.15. The maximum atomic E-state index is 13.5. The molecular weight excluding hydrogens is 386 g/mol. The van der Waals surface area contributed by atoms with Gasteiger partial charge in [0.05, 0.1) is 22.9 Å². The van der Waals surface area contributed by atoms with Crippen molar-refractivity contribution in [2.75, 3.05) is 10.2 Å². The average molecular weight is 407 g/mol. The van der Waals surface area contributed by atoms with Crippen molar-refractivity contribution in [1.29, 1.82) is 5.26 Å². The van der Waals surface area contributed by atoms with Crippen LogP contribution < -0.4 is 10.2 Å². The van der Waals surface area contributed by atoms with E-state index in [1.165, 1.54) is 0 Å². The van der Waals surface area contributed by atoms with Gasteiger partial charge in [0, 0.05) is 5.69 Å². The lowest BCUT2D eigenvalue weighted by molar-refractivity contribution is -0.120. The molecule has 31 heavy (non-hydrogen) atoms. The standard InChI is InChI=1S/C26H21N3O2/c1-16-4-9-20(10-5-16)28-24-23(22-13-6-17(2)14-18(22)3)25(30)29(26(24)31)21-11-7-19(15-27)8-12-21/h4-14,28H,1-3H3. The molecule has 4 rings (SSSR count). The highest BCUT2D eigenvalue weighted by Gasteiger charge is 2.40. The molecule has 2 amide bonds. The number of rotatable bonds is 4. The Balaban J connectivity index is 1.83. The van der Waals surface area contributed by atoms with Gasteiger partial charge in [-0.05, 0) is 68.3 Å². The van der Waals surface area contributed by atoms with Crippen LogP contribution in [0.3, 0.4) is 0 Å². The minimum Gasteiger partial charge on any atom is -0.350 e. The average Bonchev–Trinajstić information content (AvgIpc) is 2.99. The molecule has 5 nitrogen and oxygen atoms in total. The fourth-order valence-electron chi connectivity index (χ4n) is 3.69. The summed E-state index contributed by atoms with van der Waals surface area (Å²) >= 11 is 0. The highest BCUT2D eigenvalue weighted by Crippen LogP contribution is 2.35. The number of imide groups is 1. The Morgan fingerprint density at radius 1 is 0.806 bits per heavy atom. The molecule has 0 unspecified atom stereocenters. The van der Waals surface area contributed by atoms with E-state index < -0.39 is 11.8 Å². The molecule has 0 radical (unpaired) electrons. The van der Waals surface area contributed by atoms with Crippen molar-refractivity contribution in [3.8, 4) is 6.07 Å². The van der Waals surface area contributed by atoms with E-state index >= 15 is 0 Å². The van der Waals surface area contributed by atoms with Gasteiger partial charge in [0.25, 0.3) is 11.8 Å². The van der Waals surface area contributed by atoms with Gasteiger partial charge in [-0.15, -0.1) is 0 Å². The van der Waals surface area contributed by atoms with Crippen LogP contribution in [0, 0.1) is 32.1 Å². The zero-order chi connectivity index (χ0) is 22.1. The predicted molar refractivity (Wildman–Crippen MR) is 121 cm³/mol. The molecule has 0 fully saturated rings. The van der Waals surface area contributed by atoms with Crippen LogP contribution in [0.1, 0.15) is 27.8 Å². The minimum atomic E-state index is -0.426. The zero-order valence-corrected chi connectivity index (χ0v) is 17.6. The molecule has 5 heteroatoms. The maximum absolute atomic E-state index is 13.5. The van der Waals surface area contributed by atoms with Gasteiger partial charge in [-0.25, -0.2) is 4.90 Å². The third-order valence-electron chi connectivity index (χ3n) is 5.31. The number of carbonyl (C=O) groups is 2. The zero-order valence-electron chi connectivity index (χ0n) is 17.6. The van der Waals surface area contributed by atoms with Crippen LogP contribution in [0.5, 0.6) is 0 Å². The summed E-state index contributed by atoms with van der Waals surface area (Å²) < 4.78 is 0. The molecule has 0 saturated carbocycles. The molecule has 1 aliphatic heterocycles. The number of nitrogens with one attached hydrogen (secondary N) is 1. The Morgan fingerprint density at radius 3 is 2.06 bits per heavy atom. The van der Waals surface area contributed by atoms with Crippen LogP contribution in [0.25, 0.3) is 5.57 Å². The van der Waals surface area contributed by atoms with E-state index in [1.54, 1.807) is 24.3 Å². The van der Waals surface area contributed by atoms with Crippen LogP contribution in [0.2, 0.25) is 0 Å². The highest BCUT2D eigenvalue weighted by molar-refractivity contribution is 6.46. The van der Waals surface area contributed by atoms with Gasteiger partial charge < -0.3 is 5.32 Å². The second kappa shape index (κ2) is 7.92. The predicted octanol–water partition coefficient (Wildman–Crippen LogP) is 4.88. The lowest BCUT2D eigenvalue weighted by atomic mass is 9.97. The first-order valence-corrected chi connectivity index (χ1v) is 9.93. The first-order valence-electron chi connectivity index (χ1n) is 9.93. The number of benzene rings is 3. The molecule has 1 N–H and O–H groups in total. The Hall–Kier alpha value is -4.17. The summed E-state index contributed by atoms with van der Waals surface area (Å²) in [6.07, 6.45) is 0. The molecule has 0 bridgehead atoms. The van der Waals surface area contributed by atoms with Gasteiger partial charge in [0.2, 0.25) is 0 Å². The van der Waals surface area contributed by atoms with Crippen LogP contribution in [-0.4, -0.2) is 11.8 Å². The van der Waals surface area contributed by atoms with Crippen LogP contribution in [0.4, 0.5) is 11.4 Å². The fourth-order valence-corrected chi connectivity index (χ4v) is 3.69. The van der Waals surface area contributed by atoms with Gasteiger partial charge in [-0.1, -0.05) is 41.5 Å². The largest absolute Gasteiger partial charge is 0.350 e. The number of hydrogen-bond donors (Lipinski definition) is 1. The quantitative estimate of drug-likeness (QED) is 0.626. The molecule has 0 aliphatic carbocycles. The Kier molecular flexibility index (Phi) is 5.14. The van der Waals surface area contributed by atoms with Crippen molar-refractivity contribution < 1.29 is 9.59 Å². The Morgan fingerprint density at radius 2 is 1.45 bits per heavy atom. The molecule has 0 aromatic heterocycles. The molecule has 152 valence electrons. The summed E-state index contributed by atoms with van der Waals surface area (Å²) in [5.41, 5.74) is 6.01. The van der Waals surface area contributed by atoms with Gasteiger partial charge in [-0.3, -0.25) is 9.59 Å². The van der Waals surface area contributed by atoms with Crippen LogP contribution >= 0.6 is 0 Å². The van der Waals surface area contributed by atoms with Gasteiger partial charge >= 0.3 is 0 Å². The summed E-state index contributed by atoms with van der Waals surface area (Å²) in [5, 5.41) is 12.2. The topological polar surface area (TPSA) is 73.2 Å². The van der Waals surface area contributed by atoms with Gasteiger partial charge in [0.15, 0.2) is 0 Å². The fraction of sp³-hybridized carbons (Fsp3) is 0.115. The second-order valence-electron chi connectivity index (χ2n) is 7.66. The summed E-state index contributed by atoms with van der Waals surface area (Å²) in [5.74, 6) is -0.818. The van der Waals surface area contributed by atoms with E-state index in [0.717, 1.165) is 32.8 Å². The molecular formula is C26H21N3O2. The monoisotopic (exact) mass is 407 g/mol. The number of nitrogens with zero attached hydrogens (tertiary/aromatic N) is 2. The van der Waals surface area contributed by atoms with Crippen LogP contribution in [-0.2, 0) is 9.59 Å². The van der Waals surface area contributed by atoms with Crippen molar-refractivity contribution in [3.63, 3.8) is 0 Å². The minimum absolute atomic E-state index is 0.241. The number of amides is 2. The lowest BCUT2D eigenvalue weighted by Crippen LogP contribution is -2.32. The maximum Gasteiger partial charge on any atom is 0.282 e. The Bertz CT molecular complexity index is 1260. The van der Waals surface area contributed by atoms with Gasteiger partial charge in [-0.2, -0.15) is 5.26 Å². The third-order valence-corrected chi connectivity index (χ3v) is 5.31. The number of hydrogen-bond acceptors (Lipinski definition) is 4. The van der Waals surface area contributed by atoms with Crippen molar-refractivity contribution in [2.45, 2.75) is 20.8 Å². The van der Waals surface area contributed by atoms with Gasteiger partial charge in [0.1, 0.15) is 5.70 Å². The molecule has 0 atom stereocenters. The van der Waals surface area contributed by atoms with Crippen molar-refractivity contribution in [2.24, 2.45) is 0 Å². The number of anilines is 2. The van der Waals surface area contributed by atoms with E-state index in [-0.39, 0.29) is 5.70 Å². The van der Waals surface area contributed by atoms with E-state index in [9.17, 15) is 9.59 Å². The number of nitriles is 1. The van der Waals surface area contributed by atoms with Crippen LogP contribution in [0.15, 0.2) is 72.4 Å². The molecule has 3 aromatic carbocycles. The highest BCUT2D eigenvalue weighted by atomic mass is 16.2. The van der Waals surface area contributed by atoms with E-state index in [1.807, 2.05) is 69.3 Å². The van der Waals surface area contributed by atoms with Crippen molar-refractivity contribution >= 4 is 28.8 Å². The first kappa shape index (κ1) is 20.1. The van der Waals surface area contributed by atoms with E-state index in [4.69, 9.17) is 5.26 Å². The normalized spacial score (nSPS) is 13.5. The van der Waals surface area contributed by atoms with Crippen molar-refractivity contribution in [3.05, 3.63) is 100 Å².